The predicted octanol–water partition coefficient (Wildman–Crippen LogP) is 5.05. The molecule has 0 bridgehead atoms. The zero-order valence-corrected chi connectivity index (χ0v) is 18.9. The Bertz CT molecular complexity index is 1270. The van der Waals surface area contributed by atoms with Crippen LogP contribution in [-0.4, -0.2) is 36.5 Å². The first kappa shape index (κ1) is 22.2. The number of anilines is 3. The van der Waals surface area contributed by atoms with Gasteiger partial charge in [-0.2, -0.15) is 4.98 Å². The topological polar surface area (TPSA) is 70.2 Å². The molecule has 168 valence electrons. The van der Waals surface area contributed by atoms with Gasteiger partial charge in [0, 0.05) is 37.3 Å². The summed E-state index contributed by atoms with van der Waals surface area (Å²) in [5.41, 5.74) is 4.30. The fourth-order valence-electron chi connectivity index (χ4n) is 3.45. The summed E-state index contributed by atoms with van der Waals surface area (Å²) in [6.45, 7) is 2.75. The van der Waals surface area contributed by atoms with Crippen molar-refractivity contribution in [2.45, 2.75) is 13.3 Å². The Morgan fingerprint density at radius 2 is 1.70 bits per heavy atom. The van der Waals surface area contributed by atoms with Gasteiger partial charge in [0.05, 0.1) is 5.52 Å². The van der Waals surface area contributed by atoms with E-state index in [4.69, 9.17) is 0 Å². The number of rotatable bonds is 7. The number of nitrogens with zero attached hydrogens (tertiary/aromatic N) is 3. The Morgan fingerprint density at radius 3 is 2.39 bits per heavy atom. The van der Waals surface area contributed by atoms with Gasteiger partial charge < -0.3 is 15.5 Å². The molecule has 33 heavy (non-hydrogen) atoms. The molecule has 1 aromatic heterocycles. The van der Waals surface area contributed by atoms with Crippen LogP contribution in [0.2, 0.25) is 0 Å². The Hall–Kier alpha value is -4.00. The lowest BCUT2D eigenvalue weighted by Gasteiger charge is -2.15. The van der Waals surface area contributed by atoms with E-state index in [9.17, 15) is 9.18 Å². The van der Waals surface area contributed by atoms with E-state index in [0.29, 0.717) is 23.7 Å². The first-order valence-corrected chi connectivity index (χ1v) is 10.7. The summed E-state index contributed by atoms with van der Waals surface area (Å²) >= 11 is 0. The van der Waals surface area contributed by atoms with E-state index in [1.54, 1.807) is 0 Å². The smallest absolute Gasteiger partial charge is 0.255 e. The van der Waals surface area contributed by atoms with Crippen molar-refractivity contribution in [3.05, 3.63) is 89.2 Å². The van der Waals surface area contributed by atoms with Gasteiger partial charge in [-0.3, -0.25) is 4.79 Å². The summed E-state index contributed by atoms with van der Waals surface area (Å²) in [5, 5.41) is 7.27. The highest BCUT2D eigenvalue weighted by Gasteiger charge is 2.10. The predicted molar refractivity (Wildman–Crippen MR) is 132 cm³/mol. The maximum absolute atomic E-state index is 13.0. The minimum absolute atomic E-state index is 0.271. The van der Waals surface area contributed by atoms with E-state index in [1.165, 1.54) is 24.3 Å². The van der Waals surface area contributed by atoms with Crippen molar-refractivity contribution in [1.29, 1.82) is 0 Å². The average Bonchev–Trinajstić information content (AvgIpc) is 2.80. The number of nitrogens with one attached hydrogen (secondary N) is 2. The second-order valence-electron chi connectivity index (χ2n) is 8.12. The lowest BCUT2D eigenvalue weighted by atomic mass is 10.1. The summed E-state index contributed by atoms with van der Waals surface area (Å²) in [5.74, 6) is 0.836. The summed E-state index contributed by atoms with van der Waals surface area (Å²) in [6, 6.07) is 19.3. The van der Waals surface area contributed by atoms with Crippen LogP contribution >= 0.6 is 0 Å². The molecule has 2 N–H and O–H groups in total. The molecule has 1 amide bonds. The van der Waals surface area contributed by atoms with Gasteiger partial charge in [0.15, 0.2) is 0 Å². The minimum atomic E-state index is -0.368. The van der Waals surface area contributed by atoms with Gasteiger partial charge in [-0.1, -0.05) is 18.2 Å². The van der Waals surface area contributed by atoms with E-state index < -0.39 is 0 Å². The number of aryl methyl sites for hydroxylation is 1. The van der Waals surface area contributed by atoms with Crippen LogP contribution in [0.3, 0.4) is 0 Å². The molecule has 7 heteroatoms. The lowest BCUT2D eigenvalue weighted by molar-refractivity contribution is 0.102. The maximum Gasteiger partial charge on any atom is 0.255 e. The van der Waals surface area contributed by atoms with Crippen molar-refractivity contribution >= 4 is 34.3 Å². The van der Waals surface area contributed by atoms with Gasteiger partial charge in [0.1, 0.15) is 11.6 Å². The molecule has 0 saturated carbocycles. The molecule has 0 spiro atoms. The van der Waals surface area contributed by atoms with Gasteiger partial charge in [-0.15, -0.1) is 0 Å². The second kappa shape index (κ2) is 9.65. The first-order chi connectivity index (χ1) is 15.9. The van der Waals surface area contributed by atoms with Crippen molar-refractivity contribution in [2.75, 3.05) is 36.2 Å². The molecule has 4 aromatic rings. The van der Waals surface area contributed by atoms with Crippen LogP contribution in [0.5, 0.6) is 0 Å². The molecular formula is C26H26FN5O. The fraction of sp³-hybridized carbons (Fsp3) is 0.192. The third kappa shape index (κ3) is 5.44. The van der Waals surface area contributed by atoms with Crippen molar-refractivity contribution in [1.82, 2.24) is 9.97 Å². The molecule has 4 rings (SSSR count). The monoisotopic (exact) mass is 443 g/mol. The SMILES string of the molecule is Cc1ccc2c(NCCc3ccc(NC(=O)c4ccc(F)cc4)cc3)nc(N(C)C)nc2c1. The van der Waals surface area contributed by atoms with Gasteiger partial charge in [0.25, 0.3) is 5.91 Å². The molecule has 0 fully saturated rings. The van der Waals surface area contributed by atoms with E-state index in [0.717, 1.165) is 34.3 Å². The molecule has 1 heterocycles. The Balaban J connectivity index is 1.39. The third-order valence-corrected chi connectivity index (χ3v) is 5.26. The van der Waals surface area contributed by atoms with Gasteiger partial charge in [-0.25, -0.2) is 9.37 Å². The Morgan fingerprint density at radius 1 is 0.970 bits per heavy atom. The molecule has 0 aliphatic carbocycles. The summed E-state index contributed by atoms with van der Waals surface area (Å²) in [4.78, 5) is 23.5. The van der Waals surface area contributed by atoms with Crippen LogP contribution in [0.25, 0.3) is 10.9 Å². The summed E-state index contributed by atoms with van der Waals surface area (Å²) in [7, 11) is 3.86. The number of aromatic nitrogens is 2. The molecule has 3 aromatic carbocycles. The van der Waals surface area contributed by atoms with Crippen LogP contribution < -0.4 is 15.5 Å². The van der Waals surface area contributed by atoms with Gasteiger partial charge in [-0.05, 0) is 73.0 Å². The van der Waals surface area contributed by atoms with Crippen molar-refractivity contribution in [3.8, 4) is 0 Å². The molecule has 0 radical (unpaired) electrons. The first-order valence-electron chi connectivity index (χ1n) is 10.7. The van der Waals surface area contributed by atoms with Crippen LogP contribution in [0.4, 0.5) is 21.8 Å². The molecule has 6 nitrogen and oxygen atoms in total. The van der Waals surface area contributed by atoms with E-state index in [2.05, 4.69) is 39.7 Å². The minimum Gasteiger partial charge on any atom is -0.369 e. The van der Waals surface area contributed by atoms with E-state index in [-0.39, 0.29) is 11.7 Å². The number of benzene rings is 3. The standard InChI is InChI=1S/C26H26FN5O/c1-17-4-13-22-23(16-17)30-26(32(2)3)31-24(22)28-15-14-18-5-11-21(12-6-18)29-25(33)19-7-9-20(27)10-8-19/h4-13,16H,14-15H2,1-3H3,(H,29,33)(H,28,30,31). The molecule has 0 aliphatic heterocycles. The van der Waals surface area contributed by atoms with E-state index >= 15 is 0 Å². The number of carbonyl (C=O) groups is 1. The van der Waals surface area contributed by atoms with Crippen molar-refractivity contribution in [3.63, 3.8) is 0 Å². The fourth-order valence-corrected chi connectivity index (χ4v) is 3.45. The summed E-state index contributed by atoms with van der Waals surface area (Å²) < 4.78 is 13.0. The maximum atomic E-state index is 13.0. The lowest BCUT2D eigenvalue weighted by Crippen LogP contribution is -2.15. The number of amides is 1. The quantitative estimate of drug-likeness (QED) is 0.418. The van der Waals surface area contributed by atoms with E-state index in [1.807, 2.05) is 49.3 Å². The zero-order valence-electron chi connectivity index (χ0n) is 18.9. The molecule has 0 unspecified atom stereocenters. The third-order valence-electron chi connectivity index (χ3n) is 5.26. The largest absolute Gasteiger partial charge is 0.369 e. The Kier molecular flexibility index (Phi) is 6.49. The highest BCUT2D eigenvalue weighted by atomic mass is 19.1. The number of fused-ring (bicyclic) bond motifs is 1. The van der Waals surface area contributed by atoms with Crippen LogP contribution in [0, 0.1) is 12.7 Å². The van der Waals surface area contributed by atoms with Crippen LogP contribution in [-0.2, 0) is 6.42 Å². The number of hydrogen-bond acceptors (Lipinski definition) is 5. The highest BCUT2D eigenvalue weighted by Crippen LogP contribution is 2.24. The normalized spacial score (nSPS) is 10.8. The number of carbonyl (C=O) groups excluding carboxylic acids is 1. The molecular weight excluding hydrogens is 417 g/mol. The Labute approximate surface area is 192 Å². The average molecular weight is 444 g/mol. The van der Waals surface area contributed by atoms with Crippen LogP contribution in [0.1, 0.15) is 21.5 Å². The molecule has 0 saturated heterocycles. The van der Waals surface area contributed by atoms with Gasteiger partial charge >= 0.3 is 0 Å². The molecule has 0 aliphatic rings. The van der Waals surface area contributed by atoms with Crippen molar-refractivity contribution < 1.29 is 9.18 Å². The number of halogens is 1. The molecule has 0 atom stereocenters. The zero-order chi connectivity index (χ0) is 23.4. The number of hydrogen-bond donors (Lipinski definition) is 2. The van der Waals surface area contributed by atoms with Crippen molar-refractivity contribution in [2.24, 2.45) is 0 Å². The highest BCUT2D eigenvalue weighted by molar-refractivity contribution is 6.04. The van der Waals surface area contributed by atoms with Crippen LogP contribution in [0.15, 0.2) is 66.7 Å². The summed E-state index contributed by atoms with van der Waals surface area (Å²) in [6.07, 6.45) is 0.793. The second-order valence-corrected chi connectivity index (χ2v) is 8.12. The van der Waals surface area contributed by atoms with Gasteiger partial charge in [0.2, 0.25) is 5.95 Å².